The highest BCUT2D eigenvalue weighted by Crippen LogP contribution is 2.23. The van der Waals surface area contributed by atoms with Crippen molar-refractivity contribution in [3.8, 4) is 5.75 Å². The smallest absolute Gasteiger partial charge is 0.343 e. The predicted molar refractivity (Wildman–Crippen MR) is 151 cm³/mol. The molecule has 0 saturated carbocycles. The fraction of sp³-hybridized carbons (Fsp3) is 0.448. The van der Waals surface area contributed by atoms with Gasteiger partial charge >= 0.3 is 5.97 Å². The minimum Gasteiger partial charge on any atom is -0.422 e. The van der Waals surface area contributed by atoms with Gasteiger partial charge in [-0.1, -0.05) is 92.4 Å². The Hall–Kier alpha value is -3.00. The molecule has 2 rings (SSSR count). The summed E-state index contributed by atoms with van der Waals surface area (Å²) in [6.45, 7) is 3.90. The second-order valence-electron chi connectivity index (χ2n) is 9.03. The third-order valence-electron chi connectivity index (χ3n) is 5.89. The highest BCUT2D eigenvalue weighted by molar-refractivity contribution is 9.10. The number of halogens is 1. The zero-order valence-corrected chi connectivity index (χ0v) is 23.4. The SMILES string of the molecule is CCCCCCCCCCCC(=O)NCC(=O)N/N=C/c1cc(Br)ccc1OC(=O)c1ccccc1C. The van der Waals surface area contributed by atoms with Crippen LogP contribution in [0.15, 0.2) is 52.0 Å². The van der Waals surface area contributed by atoms with Crippen LogP contribution < -0.4 is 15.5 Å². The van der Waals surface area contributed by atoms with Crippen molar-refractivity contribution in [3.63, 3.8) is 0 Å². The average molecular weight is 573 g/mol. The second kappa shape index (κ2) is 17.5. The number of nitrogens with one attached hydrogen (secondary N) is 2. The summed E-state index contributed by atoms with van der Waals surface area (Å²) in [4.78, 5) is 36.7. The van der Waals surface area contributed by atoms with Gasteiger partial charge in [0.25, 0.3) is 5.91 Å². The molecule has 0 saturated heterocycles. The number of amides is 2. The maximum absolute atomic E-state index is 12.6. The molecule has 2 amide bonds. The van der Waals surface area contributed by atoms with Crippen LogP contribution in [0.4, 0.5) is 0 Å². The first-order valence-electron chi connectivity index (χ1n) is 13.1. The fourth-order valence-electron chi connectivity index (χ4n) is 3.75. The van der Waals surface area contributed by atoms with Crippen LogP contribution in [-0.2, 0) is 9.59 Å². The number of aryl methyl sites for hydroxylation is 1. The lowest BCUT2D eigenvalue weighted by Gasteiger charge is -2.09. The Bertz CT molecular complexity index is 1060. The molecule has 0 aromatic heterocycles. The number of hydrogen-bond acceptors (Lipinski definition) is 5. The van der Waals surface area contributed by atoms with E-state index in [0.29, 0.717) is 23.3 Å². The normalized spacial score (nSPS) is 10.9. The van der Waals surface area contributed by atoms with E-state index in [-0.39, 0.29) is 12.5 Å². The predicted octanol–water partition coefficient (Wildman–Crippen LogP) is 6.46. The molecule has 8 heteroatoms. The number of esters is 1. The number of unbranched alkanes of at least 4 members (excludes halogenated alkanes) is 8. The fourth-order valence-corrected chi connectivity index (χ4v) is 4.13. The molecular weight excluding hydrogens is 534 g/mol. The highest BCUT2D eigenvalue weighted by atomic mass is 79.9. The highest BCUT2D eigenvalue weighted by Gasteiger charge is 2.13. The maximum atomic E-state index is 12.6. The van der Waals surface area contributed by atoms with Crippen LogP contribution >= 0.6 is 15.9 Å². The Kier molecular flexibility index (Phi) is 14.3. The minimum atomic E-state index is -0.478. The molecule has 2 aromatic carbocycles. The van der Waals surface area contributed by atoms with Crippen LogP contribution in [0, 0.1) is 6.92 Å². The summed E-state index contributed by atoms with van der Waals surface area (Å²) in [5.74, 6) is -0.748. The van der Waals surface area contributed by atoms with Gasteiger partial charge in [0.15, 0.2) is 0 Å². The molecule has 2 aromatic rings. The van der Waals surface area contributed by atoms with E-state index in [1.807, 2.05) is 19.1 Å². The lowest BCUT2D eigenvalue weighted by atomic mass is 10.1. The van der Waals surface area contributed by atoms with Gasteiger partial charge in [-0.05, 0) is 43.2 Å². The van der Waals surface area contributed by atoms with E-state index >= 15 is 0 Å². The molecule has 0 radical (unpaired) electrons. The van der Waals surface area contributed by atoms with Crippen LogP contribution in [-0.4, -0.2) is 30.5 Å². The zero-order chi connectivity index (χ0) is 26.9. The Balaban J connectivity index is 1.72. The van der Waals surface area contributed by atoms with Gasteiger partial charge in [-0.15, -0.1) is 0 Å². The number of carbonyl (C=O) groups is 3. The topological polar surface area (TPSA) is 96.9 Å². The molecular formula is C29H38BrN3O4. The van der Waals surface area contributed by atoms with Crippen molar-refractivity contribution < 1.29 is 19.1 Å². The van der Waals surface area contributed by atoms with Crippen molar-refractivity contribution in [3.05, 3.63) is 63.6 Å². The van der Waals surface area contributed by atoms with E-state index in [0.717, 1.165) is 29.3 Å². The third kappa shape index (κ3) is 12.2. The van der Waals surface area contributed by atoms with Crippen LogP contribution in [0.25, 0.3) is 0 Å². The number of hydrazone groups is 1. The summed E-state index contributed by atoms with van der Waals surface area (Å²) in [5.41, 5.74) is 4.18. The van der Waals surface area contributed by atoms with Crippen LogP contribution in [0.5, 0.6) is 5.75 Å². The first-order valence-corrected chi connectivity index (χ1v) is 13.9. The van der Waals surface area contributed by atoms with Crippen molar-refractivity contribution in [1.82, 2.24) is 10.7 Å². The molecule has 0 bridgehead atoms. The summed E-state index contributed by atoms with van der Waals surface area (Å²) < 4.78 is 6.33. The number of benzene rings is 2. The van der Waals surface area contributed by atoms with E-state index < -0.39 is 11.9 Å². The number of ether oxygens (including phenoxy) is 1. The van der Waals surface area contributed by atoms with Gasteiger partial charge in [0.1, 0.15) is 5.75 Å². The molecule has 7 nitrogen and oxygen atoms in total. The van der Waals surface area contributed by atoms with Crippen LogP contribution in [0.3, 0.4) is 0 Å². The van der Waals surface area contributed by atoms with E-state index in [4.69, 9.17) is 4.74 Å². The van der Waals surface area contributed by atoms with Crippen molar-refractivity contribution in [2.75, 3.05) is 6.54 Å². The van der Waals surface area contributed by atoms with E-state index in [1.54, 1.807) is 30.3 Å². The molecule has 0 fully saturated rings. The standard InChI is InChI=1S/C29H38BrN3O4/c1-3-4-5-6-7-8-9-10-11-16-27(34)31-21-28(35)33-32-20-23-19-24(30)17-18-26(23)37-29(36)25-15-13-12-14-22(25)2/h12-15,17-20H,3-11,16,21H2,1-2H3,(H,31,34)(H,33,35)/b32-20+. The lowest BCUT2D eigenvalue weighted by molar-refractivity contribution is -0.126. The van der Waals surface area contributed by atoms with Gasteiger partial charge in [0.05, 0.1) is 18.3 Å². The molecule has 200 valence electrons. The monoisotopic (exact) mass is 571 g/mol. The van der Waals surface area contributed by atoms with Gasteiger partial charge in [0.2, 0.25) is 5.91 Å². The maximum Gasteiger partial charge on any atom is 0.343 e. The van der Waals surface area contributed by atoms with Crippen LogP contribution in [0.2, 0.25) is 0 Å². The quantitative estimate of drug-likeness (QED) is 0.0793. The van der Waals surface area contributed by atoms with Gasteiger partial charge < -0.3 is 10.1 Å². The molecule has 37 heavy (non-hydrogen) atoms. The summed E-state index contributed by atoms with van der Waals surface area (Å²) in [5, 5.41) is 6.58. The summed E-state index contributed by atoms with van der Waals surface area (Å²) in [7, 11) is 0. The van der Waals surface area contributed by atoms with Crippen LogP contribution in [0.1, 0.15) is 92.6 Å². The molecule has 0 unspecified atom stereocenters. The summed E-state index contributed by atoms with van der Waals surface area (Å²) >= 11 is 3.39. The van der Waals surface area contributed by atoms with Gasteiger partial charge in [-0.2, -0.15) is 5.10 Å². The molecule has 0 heterocycles. The number of nitrogens with zero attached hydrogens (tertiary/aromatic N) is 1. The molecule has 2 N–H and O–H groups in total. The molecule has 0 aliphatic rings. The second-order valence-corrected chi connectivity index (χ2v) is 9.95. The molecule has 0 aliphatic carbocycles. The van der Waals surface area contributed by atoms with Crippen molar-refractivity contribution in [2.24, 2.45) is 5.10 Å². The van der Waals surface area contributed by atoms with E-state index in [1.165, 1.54) is 44.7 Å². The summed E-state index contributed by atoms with van der Waals surface area (Å²) in [6, 6.07) is 12.3. The van der Waals surface area contributed by atoms with Crippen molar-refractivity contribution >= 4 is 39.9 Å². The van der Waals surface area contributed by atoms with E-state index in [2.05, 4.69) is 38.7 Å². The number of carbonyl (C=O) groups excluding carboxylic acids is 3. The molecule has 0 atom stereocenters. The van der Waals surface area contributed by atoms with E-state index in [9.17, 15) is 14.4 Å². The Labute approximate surface area is 228 Å². The molecule has 0 aliphatic heterocycles. The lowest BCUT2D eigenvalue weighted by Crippen LogP contribution is -2.34. The Morgan fingerprint density at radius 2 is 1.59 bits per heavy atom. The molecule has 0 spiro atoms. The zero-order valence-electron chi connectivity index (χ0n) is 21.9. The number of hydrogen-bond donors (Lipinski definition) is 2. The Morgan fingerprint density at radius 1 is 0.919 bits per heavy atom. The average Bonchev–Trinajstić information content (AvgIpc) is 2.88. The van der Waals surface area contributed by atoms with Gasteiger partial charge in [0, 0.05) is 16.5 Å². The first kappa shape index (κ1) is 30.2. The van der Waals surface area contributed by atoms with Crippen molar-refractivity contribution in [1.29, 1.82) is 0 Å². The minimum absolute atomic E-state index is 0.139. The van der Waals surface area contributed by atoms with Gasteiger partial charge in [-0.25, -0.2) is 10.2 Å². The van der Waals surface area contributed by atoms with Gasteiger partial charge in [-0.3, -0.25) is 9.59 Å². The third-order valence-corrected chi connectivity index (χ3v) is 6.38. The van der Waals surface area contributed by atoms with Crippen molar-refractivity contribution in [2.45, 2.75) is 78.1 Å². The number of rotatable bonds is 16. The first-order chi connectivity index (χ1) is 17.9. The Morgan fingerprint density at radius 3 is 2.30 bits per heavy atom. The largest absolute Gasteiger partial charge is 0.422 e. The summed E-state index contributed by atoms with van der Waals surface area (Å²) in [6.07, 6.45) is 12.5.